The Hall–Kier alpha value is -1.22. The van der Waals surface area contributed by atoms with Crippen molar-refractivity contribution >= 4 is 28.8 Å². The van der Waals surface area contributed by atoms with Crippen molar-refractivity contribution in [2.45, 2.75) is 0 Å². The van der Waals surface area contributed by atoms with Gasteiger partial charge < -0.3 is 10.2 Å². The molecule has 0 aromatic heterocycles. The third-order valence-corrected chi connectivity index (χ3v) is 2.85. The van der Waals surface area contributed by atoms with Gasteiger partial charge in [-0.3, -0.25) is 4.99 Å². The predicted molar refractivity (Wildman–Crippen MR) is 59.6 cm³/mol. The highest BCUT2D eigenvalue weighted by molar-refractivity contribution is 6.31. The van der Waals surface area contributed by atoms with E-state index in [0.29, 0.717) is 0 Å². The fourth-order valence-corrected chi connectivity index (χ4v) is 2.14. The van der Waals surface area contributed by atoms with Crippen LogP contribution in [0.1, 0.15) is 0 Å². The Balaban J connectivity index is 2.11. The van der Waals surface area contributed by atoms with Gasteiger partial charge in [-0.15, -0.1) is 0 Å². The minimum atomic E-state index is 0.774. The van der Waals surface area contributed by atoms with E-state index in [1.807, 2.05) is 18.2 Å². The number of nitrogens with one attached hydrogen (secondary N) is 1. The first kappa shape index (κ1) is 8.12. The Bertz CT molecular complexity index is 414. The van der Waals surface area contributed by atoms with Gasteiger partial charge in [0.25, 0.3) is 0 Å². The van der Waals surface area contributed by atoms with Gasteiger partial charge in [0, 0.05) is 11.6 Å². The maximum absolute atomic E-state index is 5.93. The van der Waals surface area contributed by atoms with Crippen LogP contribution >= 0.6 is 11.6 Å². The van der Waals surface area contributed by atoms with Gasteiger partial charge in [0.15, 0.2) is 0 Å². The molecule has 0 unspecified atom stereocenters. The largest absolute Gasteiger partial charge is 0.376 e. The van der Waals surface area contributed by atoms with E-state index in [4.69, 9.17) is 11.6 Å². The SMILES string of the molecule is Clc1ccc2c(c1)NCC1=NCCN12. The molecule has 0 atom stereocenters. The number of anilines is 2. The Morgan fingerprint density at radius 1 is 1.43 bits per heavy atom. The summed E-state index contributed by atoms with van der Waals surface area (Å²) in [5.74, 6) is 1.14. The number of amidine groups is 1. The molecule has 2 aliphatic heterocycles. The van der Waals surface area contributed by atoms with Crippen molar-refractivity contribution in [1.29, 1.82) is 0 Å². The molecular formula is C10H10ClN3. The highest BCUT2D eigenvalue weighted by Gasteiger charge is 2.24. The van der Waals surface area contributed by atoms with Crippen LogP contribution in [-0.4, -0.2) is 25.5 Å². The van der Waals surface area contributed by atoms with Crippen molar-refractivity contribution < 1.29 is 0 Å². The fourth-order valence-electron chi connectivity index (χ4n) is 1.96. The molecule has 3 rings (SSSR count). The summed E-state index contributed by atoms with van der Waals surface area (Å²) in [6, 6.07) is 5.93. The van der Waals surface area contributed by atoms with Crippen LogP contribution in [0.4, 0.5) is 11.4 Å². The van der Waals surface area contributed by atoms with Gasteiger partial charge in [0.1, 0.15) is 5.84 Å². The first-order valence-corrected chi connectivity index (χ1v) is 5.07. The van der Waals surface area contributed by atoms with Crippen LogP contribution in [0, 0.1) is 0 Å². The van der Waals surface area contributed by atoms with Crippen LogP contribution < -0.4 is 10.2 Å². The highest BCUT2D eigenvalue weighted by Crippen LogP contribution is 2.33. The van der Waals surface area contributed by atoms with E-state index in [9.17, 15) is 0 Å². The zero-order valence-electron chi connectivity index (χ0n) is 7.63. The van der Waals surface area contributed by atoms with Crippen molar-refractivity contribution in [2.75, 3.05) is 29.9 Å². The number of nitrogens with zero attached hydrogens (tertiary/aromatic N) is 2. The summed E-state index contributed by atoms with van der Waals surface area (Å²) >= 11 is 5.93. The van der Waals surface area contributed by atoms with Crippen molar-refractivity contribution in [3.63, 3.8) is 0 Å². The second-order valence-corrected chi connectivity index (χ2v) is 3.90. The van der Waals surface area contributed by atoms with Crippen LogP contribution in [0.25, 0.3) is 0 Å². The number of aliphatic imine (C=N–C) groups is 1. The summed E-state index contributed by atoms with van der Waals surface area (Å²) < 4.78 is 0. The molecule has 14 heavy (non-hydrogen) atoms. The molecule has 72 valence electrons. The van der Waals surface area contributed by atoms with Gasteiger partial charge >= 0.3 is 0 Å². The molecule has 0 bridgehead atoms. The number of benzene rings is 1. The molecule has 1 N–H and O–H groups in total. The lowest BCUT2D eigenvalue weighted by Gasteiger charge is -2.29. The molecule has 0 saturated carbocycles. The van der Waals surface area contributed by atoms with Crippen molar-refractivity contribution in [2.24, 2.45) is 4.99 Å². The van der Waals surface area contributed by atoms with Crippen LogP contribution in [0.2, 0.25) is 5.02 Å². The minimum Gasteiger partial charge on any atom is -0.376 e. The number of fused-ring (bicyclic) bond motifs is 3. The van der Waals surface area contributed by atoms with Crippen LogP contribution in [0.15, 0.2) is 23.2 Å². The van der Waals surface area contributed by atoms with Crippen molar-refractivity contribution in [3.05, 3.63) is 23.2 Å². The Morgan fingerprint density at radius 3 is 3.29 bits per heavy atom. The lowest BCUT2D eigenvalue weighted by Crippen LogP contribution is -2.37. The molecule has 4 heteroatoms. The molecule has 1 aromatic rings. The van der Waals surface area contributed by atoms with E-state index in [0.717, 1.165) is 36.2 Å². The lowest BCUT2D eigenvalue weighted by molar-refractivity contribution is 1.01. The smallest absolute Gasteiger partial charge is 0.123 e. The maximum Gasteiger partial charge on any atom is 0.123 e. The van der Waals surface area contributed by atoms with Crippen molar-refractivity contribution in [3.8, 4) is 0 Å². The monoisotopic (exact) mass is 207 g/mol. The average molecular weight is 208 g/mol. The Morgan fingerprint density at radius 2 is 2.36 bits per heavy atom. The topological polar surface area (TPSA) is 27.6 Å². The third-order valence-electron chi connectivity index (χ3n) is 2.62. The molecule has 0 amide bonds. The van der Waals surface area contributed by atoms with Gasteiger partial charge in [0.05, 0.1) is 24.5 Å². The summed E-state index contributed by atoms with van der Waals surface area (Å²) in [7, 11) is 0. The summed E-state index contributed by atoms with van der Waals surface area (Å²) in [6.07, 6.45) is 0. The first-order chi connectivity index (χ1) is 6.84. The Kier molecular flexibility index (Phi) is 1.67. The van der Waals surface area contributed by atoms with Gasteiger partial charge in [0.2, 0.25) is 0 Å². The van der Waals surface area contributed by atoms with E-state index in [1.165, 1.54) is 5.69 Å². The quantitative estimate of drug-likeness (QED) is 0.705. The van der Waals surface area contributed by atoms with Gasteiger partial charge in [-0.2, -0.15) is 0 Å². The zero-order valence-corrected chi connectivity index (χ0v) is 8.38. The molecule has 0 fully saturated rings. The van der Waals surface area contributed by atoms with Crippen LogP contribution in [0.5, 0.6) is 0 Å². The average Bonchev–Trinajstić information content (AvgIpc) is 2.65. The summed E-state index contributed by atoms with van der Waals surface area (Å²) in [5.41, 5.74) is 2.30. The second kappa shape index (κ2) is 2.89. The molecule has 2 heterocycles. The number of hydrogen-bond acceptors (Lipinski definition) is 3. The normalized spacial score (nSPS) is 18.4. The van der Waals surface area contributed by atoms with Crippen LogP contribution in [-0.2, 0) is 0 Å². The molecule has 0 saturated heterocycles. The van der Waals surface area contributed by atoms with Gasteiger partial charge in [-0.1, -0.05) is 11.6 Å². The fraction of sp³-hybridized carbons (Fsp3) is 0.300. The van der Waals surface area contributed by atoms with Gasteiger partial charge in [-0.05, 0) is 18.2 Å². The molecule has 2 aliphatic rings. The van der Waals surface area contributed by atoms with E-state index in [-0.39, 0.29) is 0 Å². The molecule has 0 aliphatic carbocycles. The zero-order chi connectivity index (χ0) is 9.54. The number of halogens is 1. The summed E-state index contributed by atoms with van der Waals surface area (Å²) in [6.45, 7) is 2.71. The van der Waals surface area contributed by atoms with E-state index < -0.39 is 0 Å². The van der Waals surface area contributed by atoms with Crippen molar-refractivity contribution in [1.82, 2.24) is 0 Å². The van der Waals surface area contributed by atoms with E-state index >= 15 is 0 Å². The van der Waals surface area contributed by atoms with Gasteiger partial charge in [-0.25, -0.2) is 0 Å². The van der Waals surface area contributed by atoms with Crippen LogP contribution in [0.3, 0.4) is 0 Å². The van der Waals surface area contributed by atoms with E-state index in [1.54, 1.807) is 0 Å². The van der Waals surface area contributed by atoms with E-state index in [2.05, 4.69) is 15.2 Å². The molecule has 1 aromatic carbocycles. The molecule has 3 nitrogen and oxygen atoms in total. The first-order valence-electron chi connectivity index (χ1n) is 4.69. The molecule has 0 radical (unpaired) electrons. The minimum absolute atomic E-state index is 0.774. The summed E-state index contributed by atoms with van der Waals surface area (Å²) in [4.78, 5) is 6.68. The highest BCUT2D eigenvalue weighted by atomic mass is 35.5. The Labute approximate surface area is 87.4 Å². The third kappa shape index (κ3) is 1.09. The molecular weight excluding hydrogens is 198 g/mol. The molecule has 0 spiro atoms. The summed E-state index contributed by atoms with van der Waals surface area (Å²) in [5, 5.41) is 4.09. The second-order valence-electron chi connectivity index (χ2n) is 3.46. The predicted octanol–water partition coefficient (Wildman–Crippen LogP) is 1.98. The standard InChI is InChI=1S/C10H10ClN3/c11-7-1-2-9-8(5-7)13-6-10-12-3-4-14(9)10/h1-2,5,13H,3-4,6H2. The number of rotatable bonds is 0. The number of hydrogen-bond donors (Lipinski definition) is 1. The maximum atomic E-state index is 5.93. The lowest BCUT2D eigenvalue weighted by atomic mass is 10.2.